The Morgan fingerprint density at radius 2 is 1.65 bits per heavy atom. The molecule has 2 aliphatic rings. The summed E-state index contributed by atoms with van der Waals surface area (Å²) in [6, 6.07) is 11.2. The van der Waals surface area contributed by atoms with E-state index in [-0.39, 0.29) is 23.5 Å². The lowest BCUT2D eigenvalue weighted by molar-refractivity contribution is -0.120. The lowest BCUT2D eigenvalue weighted by Gasteiger charge is -2.35. The molecule has 0 saturated carbocycles. The molecule has 0 radical (unpaired) electrons. The van der Waals surface area contributed by atoms with Gasteiger partial charge in [-0.1, -0.05) is 25.1 Å². The summed E-state index contributed by atoms with van der Waals surface area (Å²) in [5.41, 5.74) is 2.56. The van der Waals surface area contributed by atoms with Crippen LogP contribution >= 0.6 is 0 Å². The fourth-order valence-corrected chi connectivity index (χ4v) is 4.96. The van der Waals surface area contributed by atoms with E-state index < -0.39 is 0 Å². The summed E-state index contributed by atoms with van der Waals surface area (Å²) in [6.07, 6.45) is 2.66. The quantitative estimate of drug-likeness (QED) is 0.539. The van der Waals surface area contributed by atoms with E-state index in [1.165, 1.54) is 24.3 Å². The summed E-state index contributed by atoms with van der Waals surface area (Å²) in [4.78, 5) is 19.7. The fraction of sp³-hybridized carbons (Fsp3) is 0.519. The van der Waals surface area contributed by atoms with Crippen molar-refractivity contribution in [1.82, 2.24) is 9.80 Å². The van der Waals surface area contributed by atoms with Crippen LogP contribution in [0.2, 0.25) is 0 Å². The molecule has 1 saturated heterocycles. The number of carbonyl (C=O) groups excluding carboxylic acids is 1. The first-order valence-electron chi connectivity index (χ1n) is 12.4. The van der Waals surface area contributed by atoms with Gasteiger partial charge in [-0.2, -0.15) is 0 Å². The first kappa shape index (κ1) is 24.8. The molecule has 0 aromatic heterocycles. The van der Waals surface area contributed by atoms with E-state index in [0.29, 0.717) is 18.8 Å². The summed E-state index contributed by atoms with van der Waals surface area (Å²) in [6.45, 7) is 8.97. The highest BCUT2D eigenvalue weighted by Gasteiger charge is 2.29. The smallest absolute Gasteiger partial charge is 0.241 e. The Morgan fingerprint density at radius 1 is 0.941 bits per heavy atom. The molecule has 0 spiro atoms. The number of nitrogens with zero attached hydrogens (tertiary/aromatic N) is 3. The lowest BCUT2D eigenvalue weighted by atomic mass is 9.87. The number of anilines is 1. The minimum Gasteiger partial charge on any atom is -0.380 e. The van der Waals surface area contributed by atoms with Crippen molar-refractivity contribution < 1.29 is 18.3 Å². The van der Waals surface area contributed by atoms with Gasteiger partial charge in [0, 0.05) is 51.8 Å². The third kappa shape index (κ3) is 6.20. The van der Waals surface area contributed by atoms with Gasteiger partial charge in [0.05, 0.1) is 18.8 Å². The fourth-order valence-electron chi connectivity index (χ4n) is 4.96. The van der Waals surface area contributed by atoms with Gasteiger partial charge < -0.3 is 9.64 Å². The topological polar surface area (TPSA) is 36.0 Å². The number of hydrogen-bond acceptors (Lipinski definition) is 4. The average Bonchev–Trinajstić information content (AvgIpc) is 3.03. The van der Waals surface area contributed by atoms with Crippen molar-refractivity contribution in [3.05, 3.63) is 65.2 Å². The van der Waals surface area contributed by atoms with Gasteiger partial charge in [-0.3, -0.25) is 14.6 Å². The second-order valence-corrected chi connectivity index (χ2v) is 9.23. The highest BCUT2D eigenvalue weighted by Crippen LogP contribution is 2.39. The standard InChI is InChI=1S/C27H35F2N3O2/c1-2-17-34-18-16-30-12-14-31(15-13-30)20-27(33)32-11-3-4-24(21-5-7-22(28)8-6-21)25-10-9-23(29)19-26(25)32/h5-10,19,24H,2-4,11-18,20H2,1H3. The van der Waals surface area contributed by atoms with Crippen LogP contribution in [-0.4, -0.2) is 74.7 Å². The molecule has 34 heavy (non-hydrogen) atoms. The van der Waals surface area contributed by atoms with Crippen molar-refractivity contribution in [1.29, 1.82) is 0 Å². The molecule has 0 bridgehead atoms. The molecule has 1 atom stereocenters. The maximum absolute atomic E-state index is 14.3. The monoisotopic (exact) mass is 471 g/mol. The molecule has 1 amide bonds. The minimum absolute atomic E-state index is 0.00587. The number of rotatable bonds is 8. The normalized spacial score (nSPS) is 19.6. The van der Waals surface area contributed by atoms with Gasteiger partial charge in [-0.05, 0) is 54.7 Å². The number of benzene rings is 2. The van der Waals surface area contributed by atoms with Crippen LogP contribution < -0.4 is 4.90 Å². The summed E-state index contributed by atoms with van der Waals surface area (Å²) < 4.78 is 33.4. The van der Waals surface area contributed by atoms with Crippen LogP contribution in [0.15, 0.2) is 42.5 Å². The molecule has 2 heterocycles. The summed E-state index contributed by atoms with van der Waals surface area (Å²) >= 11 is 0. The highest BCUT2D eigenvalue weighted by atomic mass is 19.1. The lowest BCUT2D eigenvalue weighted by Crippen LogP contribution is -2.50. The van der Waals surface area contributed by atoms with E-state index in [1.54, 1.807) is 23.1 Å². The maximum Gasteiger partial charge on any atom is 0.241 e. The zero-order chi connectivity index (χ0) is 23.9. The zero-order valence-corrected chi connectivity index (χ0v) is 20.0. The van der Waals surface area contributed by atoms with Crippen LogP contribution in [-0.2, 0) is 9.53 Å². The Morgan fingerprint density at radius 3 is 2.38 bits per heavy atom. The van der Waals surface area contributed by atoms with E-state index in [1.807, 2.05) is 0 Å². The van der Waals surface area contributed by atoms with Crippen molar-refractivity contribution in [3.8, 4) is 0 Å². The molecule has 2 aromatic carbocycles. The van der Waals surface area contributed by atoms with Crippen molar-refractivity contribution in [3.63, 3.8) is 0 Å². The number of amides is 1. The summed E-state index contributed by atoms with van der Waals surface area (Å²) in [7, 11) is 0. The molecular formula is C27H35F2N3O2. The van der Waals surface area contributed by atoms with Crippen molar-refractivity contribution in [2.24, 2.45) is 0 Å². The number of ether oxygens (including phenoxy) is 1. The molecule has 5 nitrogen and oxygen atoms in total. The van der Waals surface area contributed by atoms with Crippen LogP contribution in [0.25, 0.3) is 0 Å². The second kappa shape index (κ2) is 11.9. The Hall–Kier alpha value is -2.35. The molecule has 0 N–H and O–H groups in total. The van der Waals surface area contributed by atoms with Crippen LogP contribution in [0.1, 0.15) is 43.2 Å². The molecule has 1 fully saturated rings. The van der Waals surface area contributed by atoms with Gasteiger partial charge in [0.2, 0.25) is 5.91 Å². The largest absolute Gasteiger partial charge is 0.380 e. The molecule has 184 valence electrons. The highest BCUT2D eigenvalue weighted by molar-refractivity contribution is 5.96. The second-order valence-electron chi connectivity index (χ2n) is 9.23. The first-order chi connectivity index (χ1) is 16.5. The number of hydrogen-bond donors (Lipinski definition) is 0. The Balaban J connectivity index is 1.42. The molecule has 4 rings (SSSR count). The van der Waals surface area contributed by atoms with E-state index in [2.05, 4.69) is 16.7 Å². The van der Waals surface area contributed by atoms with Gasteiger partial charge in [-0.25, -0.2) is 8.78 Å². The SMILES string of the molecule is CCCOCCN1CCN(CC(=O)N2CCCC(c3ccc(F)cc3)c3ccc(F)cc32)CC1. The predicted octanol–water partition coefficient (Wildman–Crippen LogP) is 4.27. The minimum atomic E-state index is -0.352. The van der Waals surface area contributed by atoms with Gasteiger partial charge in [0.1, 0.15) is 11.6 Å². The van der Waals surface area contributed by atoms with Crippen molar-refractivity contribution in [2.75, 3.05) is 63.9 Å². The molecule has 1 unspecified atom stereocenters. The Bertz CT molecular complexity index is 945. The molecule has 2 aromatic rings. The number of halogens is 2. The van der Waals surface area contributed by atoms with Crippen molar-refractivity contribution in [2.45, 2.75) is 32.1 Å². The van der Waals surface area contributed by atoms with Gasteiger partial charge in [0.15, 0.2) is 0 Å². The predicted molar refractivity (Wildman–Crippen MR) is 130 cm³/mol. The van der Waals surface area contributed by atoms with E-state index in [9.17, 15) is 13.6 Å². The van der Waals surface area contributed by atoms with Gasteiger partial charge in [0.25, 0.3) is 0 Å². The Labute approximate surface area is 201 Å². The number of fused-ring (bicyclic) bond motifs is 1. The molecule has 0 aliphatic carbocycles. The third-order valence-electron chi connectivity index (χ3n) is 6.83. The molecular weight excluding hydrogens is 436 g/mol. The van der Waals surface area contributed by atoms with E-state index in [4.69, 9.17) is 4.74 Å². The van der Waals surface area contributed by atoms with Gasteiger partial charge in [-0.15, -0.1) is 0 Å². The third-order valence-corrected chi connectivity index (χ3v) is 6.83. The maximum atomic E-state index is 14.3. The van der Waals surface area contributed by atoms with Crippen LogP contribution in [0.3, 0.4) is 0 Å². The van der Waals surface area contributed by atoms with Crippen LogP contribution in [0.5, 0.6) is 0 Å². The number of piperazine rings is 1. The van der Waals surface area contributed by atoms with Crippen molar-refractivity contribution >= 4 is 11.6 Å². The summed E-state index contributed by atoms with van der Waals surface area (Å²) in [5.74, 6) is -0.615. The number of carbonyl (C=O) groups is 1. The zero-order valence-electron chi connectivity index (χ0n) is 20.0. The van der Waals surface area contributed by atoms with Crippen LogP contribution in [0, 0.1) is 11.6 Å². The van der Waals surface area contributed by atoms with E-state index >= 15 is 0 Å². The van der Waals surface area contributed by atoms with Gasteiger partial charge >= 0.3 is 0 Å². The summed E-state index contributed by atoms with van der Waals surface area (Å²) in [5, 5.41) is 0. The molecule has 7 heteroatoms. The first-order valence-corrected chi connectivity index (χ1v) is 12.4. The van der Waals surface area contributed by atoms with Crippen LogP contribution in [0.4, 0.5) is 14.5 Å². The molecule has 2 aliphatic heterocycles. The average molecular weight is 472 g/mol. The Kier molecular flexibility index (Phi) is 8.64. The van der Waals surface area contributed by atoms with E-state index in [0.717, 1.165) is 76.3 Å².